The van der Waals surface area contributed by atoms with E-state index in [9.17, 15) is 0 Å². The van der Waals surface area contributed by atoms with Crippen LogP contribution in [0.2, 0.25) is 0 Å². The second kappa shape index (κ2) is 9.32. The first-order valence-corrected chi connectivity index (χ1v) is 9.23. The van der Waals surface area contributed by atoms with Crippen molar-refractivity contribution in [3.05, 3.63) is 29.6 Å². The molecule has 2 rings (SSSR count). The molecule has 0 aliphatic heterocycles. The Labute approximate surface area is 147 Å². The van der Waals surface area contributed by atoms with Crippen molar-refractivity contribution in [1.82, 2.24) is 14.9 Å². The Morgan fingerprint density at radius 1 is 1.25 bits per heavy atom. The predicted molar refractivity (Wildman–Crippen MR) is 97.5 cm³/mol. The van der Waals surface area contributed by atoms with Crippen LogP contribution in [0, 0.1) is 6.92 Å². The SMILES string of the molecule is CCCCCOc1ccc(/C=N\n2c(C)nnc2SC)cc1OC. The molecule has 24 heavy (non-hydrogen) atoms. The second-order valence-corrected chi connectivity index (χ2v) is 6.03. The molecule has 0 radical (unpaired) electrons. The van der Waals surface area contributed by atoms with E-state index in [1.165, 1.54) is 24.6 Å². The quantitative estimate of drug-likeness (QED) is 0.392. The van der Waals surface area contributed by atoms with E-state index in [4.69, 9.17) is 9.47 Å². The van der Waals surface area contributed by atoms with Crippen LogP contribution < -0.4 is 9.47 Å². The van der Waals surface area contributed by atoms with Gasteiger partial charge in [-0.05, 0) is 43.4 Å². The molecule has 1 heterocycles. The van der Waals surface area contributed by atoms with E-state index in [2.05, 4.69) is 22.2 Å². The van der Waals surface area contributed by atoms with Gasteiger partial charge in [-0.15, -0.1) is 10.2 Å². The zero-order valence-corrected chi connectivity index (χ0v) is 15.5. The summed E-state index contributed by atoms with van der Waals surface area (Å²) in [6, 6.07) is 5.79. The maximum Gasteiger partial charge on any atom is 0.211 e. The van der Waals surface area contributed by atoms with Gasteiger partial charge in [0.15, 0.2) is 17.3 Å². The molecule has 0 amide bonds. The number of unbranched alkanes of at least 4 members (excludes halogenated alkanes) is 2. The first-order valence-electron chi connectivity index (χ1n) is 8.00. The molecular formula is C17H24N4O2S. The number of nitrogens with zero attached hydrogens (tertiary/aromatic N) is 4. The average Bonchev–Trinajstić information content (AvgIpc) is 2.97. The summed E-state index contributed by atoms with van der Waals surface area (Å²) >= 11 is 1.51. The summed E-state index contributed by atoms with van der Waals surface area (Å²) in [5.74, 6) is 2.22. The van der Waals surface area contributed by atoms with E-state index in [0.29, 0.717) is 12.4 Å². The topological polar surface area (TPSA) is 61.5 Å². The molecule has 130 valence electrons. The number of ether oxygens (including phenoxy) is 2. The minimum Gasteiger partial charge on any atom is -0.493 e. The number of methoxy groups -OCH3 is 1. The van der Waals surface area contributed by atoms with Crippen LogP contribution in [-0.2, 0) is 0 Å². The van der Waals surface area contributed by atoms with Gasteiger partial charge in [0.2, 0.25) is 5.16 Å². The Kier molecular flexibility index (Phi) is 7.11. The molecule has 0 N–H and O–H groups in total. The molecule has 1 aromatic carbocycles. The van der Waals surface area contributed by atoms with E-state index < -0.39 is 0 Å². The molecule has 1 aromatic heterocycles. The molecule has 0 aliphatic carbocycles. The summed E-state index contributed by atoms with van der Waals surface area (Å²) in [5, 5.41) is 13.3. The molecule has 2 aromatic rings. The van der Waals surface area contributed by atoms with Gasteiger partial charge < -0.3 is 9.47 Å². The average molecular weight is 348 g/mol. The van der Waals surface area contributed by atoms with Crippen molar-refractivity contribution >= 4 is 18.0 Å². The molecule has 0 aliphatic rings. The first kappa shape index (κ1) is 18.3. The standard InChI is InChI=1S/C17H24N4O2S/c1-5-6-7-10-23-15-9-8-14(11-16(15)22-3)12-18-21-13(2)19-20-17(21)24-4/h8-9,11-12H,5-7,10H2,1-4H3/b18-12-. The maximum atomic E-state index is 5.79. The monoisotopic (exact) mass is 348 g/mol. The highest BCUT2D eigenvalue weighted by molar-refractivity contribution is 7.98. The lowest BCUT2D eigenvalue weighted by molar-refractivity contribution is 0.286. The second-order valence-electron chi connectivity index (χ2n) is 5.26. The van der Waals surface area contributed by atoms with Crippen molar-refractivity contribution in [3.8, 4) is 11.5 Å². The summed E-state index contributed by atoms with van der Waals surface area (Å²) in [5.41, 5.74) is 0.924. The fourth-order valence-electron chi connectivity index (χ4n) is 2.14. The van der Waals surface area contributed by atoms with Crippen LogP contribution in [0.15, 0.2) is 28.5 Å². The van der Waals surface area contributed by atoms with Crippen molar-refractivity contribution in [2.45, 2.75) is 38.3 Å². The number of hydrogen-bond acceptors (Lipinski definition) is 6. The van der Waals surface area contributed by atoms with Gasteiger partial charge in [0.25, 0.3) is 0 Å². The third-order valence-electron chi connectivity index (χ3n) is 3.47. The predicted octanol–water partition coefficient (Wildman–Crippen LogP) is 3.77. The Bertz CT molecular complexity index is 685. The van der Waals surface area contributed by atoms with Gasteiger partial charge in [0.05, 0.1) is 19.9 Å². The molecule has 0 unspecified atom stereocenters. The number of hydrogen-bond donors (Lipinski definition) is 0. The molecule has 6 nitrogen and oxygen atoms in total. The highest BCUT2D eigenvalue weighted by Crippen LogP contribution is 2.28. The molecule has 0 atom stereocenters. The summed E-state index contributed by atoms with van der Waals surface area (Å²) in [4.78, 5) is 0. The smallest absolute Gasteiger partial charge is 0.211 e. The molecule has 0 saturated carbocycles. The van der Waals surface area contributed by atoms with Gasteiger partial charge >= 0.3 is 0 Å². The van der Waals surface area contributed by atoms with Crippen molar-refractivity contribution < 1.29 is 9.47 Å². The summed E-state index contributed by atoms with van der Waals surface area (Å²) in [6.07, 6.45) is 7.11. The van der Waals surface area contributed by atoms with Crippen LogP contribution in [0.4, 0.5) is 0 Å². The van der Waals surface area contributed by atoms with E-state index in [1.54, 1.807) is 18.0 Å². The van der Waals surface area contributed by atoms with Crippen LogP contribution in [-0.4, -0.2) is 41.1 Å². The first-order chi connectivity index (χ1) is 11.7. The van der Waals surface area contributed by atoms with E-state index in [-0.39, 0.29) is 0 Å². The normalized spacial score (nSPS) is 11.2. The molecule has 0 saturated heterocycles. The summed E-state index contributed by atoms with van der Waals surface area (Å²) in [7, 11) is 1.64. The van der Waals surface area contributed by atoms with Crippen LogP contribution in [0.5, 0.6) is 11.5 Å². The number of aromatic nitrogens is 3. The number of thioether (sulfide) groups is 1. The lowest BCUT2D eigenvalue weighted by Crippen LogP contribution is -2.00. The molecule has 0 fully saturated rings. The lowest BCUT2D eigenvalue weighted by atomic mass is 10.2. The van der Waals surface area contributed by atoms with Crippen molar-refractivity contribution in [3.63, 3.8) is 0 Å². The fourth-order valence-corrected chi connectivity index (χ4v) is 2.62. The molecule has 7 heteroatoms. The zero-order valence-electron chi connectivity index (χ0n) is 14.7. The van der Waals surface area contributed by atoms with Crippen LogP contribution >= 0.6 is 11.8 Å². The van der Waals surface area contributed by atoms with Gasteiger partial charge in [-0.2, -0.15) is 9.78 Å². The highest BCUT2D eigenvalue weighted by Gasteiger charge is 2.07. The van der Waals surface area contributed by atoms with Crippen LogP contribution in [0.1, 0.15) is 37.6 Å². The number of rotatable bonds is 9. The van der Waals surface area contributed by atoms with Gasteiger partial charge in [0.1, 0.15) is 0 Å². The van der Waals surface area contributed by atoms with Gasteiger partial charge in [-0.25, -0.2) is 0 Å². The summed E-state index contributed by atoms with van der Waals surface area (Å²) in [6.45, 7) is 4.75. The lowest BCUT2D eigenvalue weighted by Gasteiger charge is -2.11. The fraction of sp³-hybridized carbons (Fsp3) is 0.471. The van der Waals surface area contributed by atoms with E-state index >= 15 is 0 Å². The zero-order chi connectivity index (χ0) is 17.4. The van der Waals surface area contributed by atoms with Gasteiger partial charge in [0, 0.05) is 0 Å². The molecular weight excluding hydrogens is 324 g/mol. The number of aryl methyl sites for hydroxylation is 1. The third-order valence-corrected chi connectivity index (χ3v) is 4.09. The van der Waals surface area contributed by atoms with Crippen molar-refractivity contribution in [1.29, 1.82) is 0 Å². The minimum absolute atomic E-state index is 0.703. The van der Waals surface area contributed by atoms with Crippen LogP contribution in [0.3, 0.4) is 0 Å². The largest absolute Gasteiger partial charge is 0.493 e. The minimum atomic E-state index is 0.703. The van der Waals surface area contributed by atoms with E-state index in [1.807, 2.05) is 31.4 Å². The van der Waals surface area contributed by atoms with Crippen molar-refractivity contribution in [2.24, 2.45) is 5.10 Å². The Hall–Kier alpha value is -2.02. The molecule has 0 spiro atoms. The maximum absolute atomic E-state index is 5.79. The van der Waals surface area contributed by atoms with Crippen molar-refractivity contribution in [2.75, 3.05) is 20.0 Å². The van der Waals surface area contributed by atoms with E-state index in [0.717, 1.165) is 28.7 Å². The van der Waals surface area contributed by atoms with Gasteiger partial charge in [-0.1, -0.05) is 31.5 Å². The highest BCUT2D eigenvalue weighted by atomic mass is 32.2. The summed E-state index contributed by atoms with van der Waals surface area (Å²) < 4.78 is 12.9. The Morgan fingerprint density at radius 2 is 2.08 bits per heavy atom. The third kappa shape index (κ3) is 4.74. The van der Waals surface area contributed by atoms with Crippen LogP contribution in [0.25, 0.3) is 0 Å². The molecule has 0 bridgehead atoms. The number of benzene rings is 1. The Morgan fingerprint density at radius 3 is 2.79 bits per heavy atom. The van der Waals surface area contributed by atoms with Gasteiger partial charge in [-0.3, -0.25) is 0 Å². The Balaban J connectivity index is 2.11.